The number of amides is 2. The summed E-state index contributed by atoms with van der Waals surface area (Å²) in [4.78, 5) is 41.5. The van der Waals surface area contributed by atoms with E-state index in [9.17, 15) is 9.59 Å². The average Bonchev–Trinajstić information content (AvgIpc) is 3.18. The maximum absolute atomic E-state index is 13.3. The van der Waals surface area contributed by atoms with Gasteiger partial charge in [-0.1, -0.05) is 57.2 Å². The Hall–Kier alpha value is -3.00. The quantitative estimate of drug-likeness (QED) is 0.694. The molecule has 0 spiro atoms. The Bertz CT molecular complexity index is 1070. The number of carbonyl (C=O) groups is 2. The number of pyridine rings is 1. The highest BCUT2D eigenvalue weighted by atomic mass is 32.2. The van der Waals surface area contributed by atoms with E-state index < -0.39 is 6.04 Å². The van der Waals surface area contributed by atoms with E-state index in [1.54, 1.807) is 17.3 Å². The Morgan fingerprint density at radius 2 is 2.00 bits per heavy atom. The lowest BCUT2D eigenvalue weighted by atomic mass is 10.00. The van der Waals surface area contributed by atoms with Gasteiger partial charge in [0.15, 0.2) is 5.17 Å². The fourth-order valence-electron chi connectivity index (χ4n) is 3.70. The van der Waals surface area contributed by atoms with E-state index in [1.165, 1.54) is 11.8 Å². The minimum Gasteiger partial charge on any atom is -0.351 e. The molecule has 32 heavy (non-hydrogen) atoms. The molecule has 1 N–H and O–H groups in total. The molecule has 0 bridgehead atoms. The minimum absolute atomic E-state index is 0.0688. The number of carbonyl (C=O) groups excluding carboxylic acids is 2. The van der Waals surface area contributed by atoms with E-state index in [0.717, 1.165) is 23.2 Å². The molecule has 8 heteroatoms. The van der Waals surface area contributed by atoms with E-state index in [1.807, 2.05) is 50.2 Å². The van der Waals surface area contributed by atoms with Crippen LogP contribution in [0.2, 0.25) is 0 Å². The highest BCUT2D eigenvalue weighted by Crippen LogP contribution is 2.36. The smallest absolute Gasteiger partial charge is 0.259 e. The number of amidine groups is 2. The zero-order valence-electron chi connectivity index (χ0n) is 18.5. The number of hydrogen-bond acceptors (Lipinski definition) is 6. The molecule has 0 fully saturated rings. The molecule has 7 nitrogen and oxygen atoms in total. The molecular formula is C24H27N5O2S. The SMILES string of the molecule is CC[C@H](SC1=Nc2ccccc2C2=N[C@@H]([C@H](C)CC)C(=O)N12)C(=O)NCc1cccnc1. The summed E-state index contributed by atoms with van der Waals surface area (Å²) in [6, 6.07) is 11.0. The Labute approximate surface area is 192 Å². The number of nitrogens with one attached hydrogen (secondary N) is 1. The Balaban J connectivity index is 1.58. The van der Waals surface area contributed by atoms with Crippen molar-refractivity contribution in [3.05, 3.63) is 59.9 Å². The molecule has 2 aliphatic heterocycles. The van der Waals surface area contributed by atoms with Gasteiger partial charge in [0.25, 0.3) is 5.91 Å². The summed E-state index contributed by atoms with van der Waals surface area (Å²) in [6.45, 7) is 6.47. The molecule has 2 aliphatic rings. The van der Waals surface area contributed by atoms with Crippen LogP contribution in [0.5, 0.6) is 0 Å². The van der Waals surface area contributed by atoms with Crippen molar-refractivity contribution in [2.24, 2.45) is 15.9 Å². The van der Waals surface area contributed by atoms with E-state index in [2.05, 4.69) is 17.2 Å². The van der Waals surface area contributed by atoms with Crippen LogP contribution in [0.4, 0.5) is 5.69 Å². The van der Waals surface area contributed by atoms with Crippen molar-refractivity contribution in [3.63, 3.8) is 0 Å². The fraction of sp³-hybridized carbons (Fsp3) is 0.375. The van der Waals surface area contributed by atoms with Crippen LogP contribution in [-0.2, 0) is 16.1 Å². The van der Waals surface area contributed by atoms with Gasteiger partial charge in [0.2, 0.25) is 5.91 Å². The summed E-state index contributed by atoms with van der Waals surface area (Å²) in [6.07, 6.45) is 4.90. The van der Waals surface area contributed by atoms with Crippen molar-refractivity contribution >= 4 is 40.3 Å². The molecule has 0 saturated carbocycles. The van der Waals surface area contributed by atoms with Crippen molar-refractivity contribution < 1.29 is 9.59 Å². The van der Waals surface area contributed by atoms with Crippen molar-refractivity contribution in [2.45, 2.75) is 51.4 Å². The Morgan fingerprint density at radius 3 is 2.72 bits per heavy atom. The lowest BCUT2D eigenvalue weighted by molar-refractivity contribution is -0.125. The second-order valence-electron chi connectivity index (χ2n) is 7.96. The van der Waals surface area contributed by atoms with Gasteiger partial charge in [-0.3, -0.25) is 19.6 Å². The van der Waals surface area contributed by atoms with Crippen LogP contribution in [0, 0.1) is 5.92 Å². The zero-order chi connectivity index (χ0) is 22.7. The molecule has 3 atom stereocenters. The van der Waals surface area contributed by atoms with E-state index in [0.29, 0.717) is 24.0 Å². The lowest BCUT2D eigenvalue weighted by Crippen LogP contribution is -2.44. The largest absolute Gasteiger partial charge is 0.351 e. The van der Waals surface area contributed by atoms with Crippen molar-refractivity contribution in [3.8, 4) is 0 Å². The molecule has 0 unspecified atom stereocenters. The number of hydrogen-bond donors (Lipinski definition) is 1. The number of thioether (sulfide) groups is 1. The van der Waals surface area contributed by atoms with Crippen LogP contribution in [0.1, 0.15) is 44.7 Å². The monoisotopic (exact) mass is 449 g/mol. The maximum atomic E-state index is 13.3. The molecular weight excluding hydrogens is 422 g/mol. The van der Waals surface area contributed by atoms with Crippen LogP contribution in [0.3, 0.4) is 0 Å². The number of nitrogens with zero attached hydrogens (tertiary/aromatic N) is 4. The summed E-state index contributed by atoms with van der Waals surface area (Å²) >= 11 is 1.32. The van der Waals surface area contributed by atoms with E-state index in [-0.39, 0.29) is 23.0 Å². The molecule has 0 saturated heterocycles. The highest BCUT2D eigenvalue weighted by molar-refractivity contribution is 8.15. The van der Waals surface area contributed by atoms with Crippen LogP contribution < -0.4 is 5.32 Å². The molecule has 1 aromatic carbocycles. The average molecular weight is 450 g/mol. The second kappa shape index (κ2) is 9.65. The Morgan fingerprint density at radius 1 is 1.19 bits per heavy atom. The van der Waals surface area contributed by atoms with Crippen molar-refractivity contribution in [2.75, 3.05) is 0 Å². The van der Waals surface area contributed by atoms with Gasteiger partial charge >= 0.3 is 0 Å². The third kappa shape index (κ3) is 4.32. The molecule has 2 aromatic rings. The zero-order valence-corrected chi connectivity index (χ0v) is 19.3. The minimum atomic E-state index is -0.425. The number of aromatic nitrogens is 1. The van der Waals surface area contributed by atoms with Gasteiger partial charge in [-0.05, 0) is 36.1 Å². The predicted molar refractivity (Wildman–Crippen MR) is 128 cm³/mol. The number of fused-ring (bicyclic) bond motifs is 3. The van der Waals surface area contributed by atoms with Crippen LogP contribution in [0.15, 0.2) is 58.8 Å². The van der Waals surface area contributed by atoms with Gasteiger partial charge in [0.1, 0.15) is 11.9 Å². The summed E-state index contributed by atoms with van der Waals surface area (Å²) in [7, 11) is 0. The molecule has 166 valence electrons. The normalized spacial score (nSPS) is 18.9. The lowest BCUT2D eigenvalue weighted by Gasteiger charge is -2.27. The summed E-state index contributed by atoms with van der Waals surface area (Å²) in [5, 5.41) is 3.11. The number of para-hydroxylation sites is 1. The van der Waals surface area contributed by atoms with E-state index in [4.69, 9.17) is 9.98 Å². The third-order valence-electron chi connectivity index (χ3n) is 5.78. The highest BCUT2D eigenvalue weighted by Gasteiger charge is 2.43. The fourth-order valence-corrected chi connectivity index (χ4v) is 4.74. The summed E-state index contributed by atoms with van der Waals surface area (Å²) < 4.78 is 0. The first kappa shape index (κ1) is 22.2. The molecule has 4 rings (SSSR count). The van der Waals surface area contributed by atoms with E-state index >= 15 is 0 Å². The third-order valence-corrected chi connectivity index (χ3v) is 7.10. The van der Waals surface area contributed by atoms with Crippen LogP contribution in [0.25, 0.3) is 0 Å². The van der Waals surface area contributed by atoms with Crippen molar-refractivity contribution in [1.82, 2.24) is 15.2 Å². The van der Waals surface area contributed by atoms with Gasteiger partial charge in [0, 0.05) is 24.5 Å². The Kier molecular flexibility index (Phi) is 6.69. The first-order chi connectivity index (χ1) is 15.5. The molecule has 3 heterocycles. The topological polar surface area (TPSA) is 87.0 Å². The number of rotatable bonds is 7. The maximum Gasteiger partial charge on any atom is 0.259 e. The second-order valence-corrected chi connectivity index (χ2v) is 9.13. The van der Waals surface area contributed by atoms with Gasteiger partial charge < -0.3 is 5.32 Å². The van der Waals surface area contributed by atoms with Gasteiger partial charge in [-0.15, -0.1) is 0 Å². The summed E-state index contributed by atoms with van der Waals surface area (Å²) in [5.41, 5.74) is 2.56. The molecule has 1 aromatic heterocycles. The van der Waals surface area contributed by atoms with Gasteiger partial charge in [0.05, 0.1) is 10.9 Å². The van der Waals surface area contributed by atoms with Crippen LogP contribution >= 0.6 is 11.8 Å². The number of aliphatic imine (C=N–C) groups is 2. The number of benzene rings is 1. The van der Waals surface area contributed by atoms with Crippen LogP contribution in [-0.4, -0.2) is 44.0 Å². The standard InChI is InChI=1S/C24H27N5O2S/c1-4-15(3)20-23(31)29-21(28-20)17-10-6-7-11-18(17)27-24(29)32-19(5-2)22(30)26-14-16-9-8-12-25-13-16/h6-13,15,19-20H,4-5,14H2,1-3H3,(H,26,30)/t15-,19+,20+/m1/s1. The molecule has 0 radical (unpaired) electrons. The molecule has 2 amide bonds. The van der Waals surface area contributed by atoms with Gasteiger partial charge in [-0.2, -0.15) is 0 Å². The summed E-state index contributed by atoms with van der Waals surface area (Å²) in [5.74, 6) is 0.607. The first-order valence-corrected chi connectivity index (χ1v) is 11.8. The van der Waals surface area contributed by atoms with Gasteiger partial charge in [-0.25, -0.2) is 9.89 Å². The predicted octanol–water partition coefficient (Wildman–Crippen LogP) is 3.91. The molecule has 0 aliphatic carbocycles. The van der Waals surface area contributed by atoms with Crippen molar-refractivity contribution in [1.29, 1.82) is 0 Å². The first-order valence-electron chi connectivity index (χ1n) is 11.0.